The Hall–Kier alpha value is -3.02. The van der Waals surface area contributed by atoms with Crippen LogP contribution in [0.5, 0.6) is 5.75 Å². The molecule has 1 aliphatic heterocycles. The summed E-state index contributed by atoms with van der Waals surface area (Å²) in [7, 11) is 0. The molecule has 0 saturated heterocycles. The van der Waals surface area contributed by atoms with E-state index in [0.717, 1.165) is 16.8 Å². The van der Waals surface area contributed by atoms with Crippen LogP contribution in [0.2, 0.25) is 0 Å². The van der Waals surface area contributed by atoms with E-state index in [1.807, 2.05) is 42.5 Å². The topological polar surface area (TPSA) is 98.7 Å². The minimum atomic E-state index is -0.508. The smallest absolute Gasteiger partial charge is 0.255 e. The highest BCUT2D eigenvalue weighted by atomic mass is 16.5. The van der Waals surface area contributed by atoms with Gasteiger partial charge in [-0.3, -0.25) is 9.59 Å². The van der Waals surface area contributed by atoms with Gasteiger partial charge in [-0.2, -0.15) is 0 Å². The molecule has 2 aromatic rings. The molecule has 0 aromatic heterocycles. The molecule has 6 heteroatoms. The van der Waals surface area contributed by atoms with Crippen LogP contribution in [0, 0.1) is 0 Å². The van der Waals surface area contributed by atoms with Gasteiger partial charge in [-0.05, 0) is 42.7 Å². The average molecular weight is 353 g/mol. The molecule has 26 heavy (non-hydrogen) atoms. The lowest BCUT2D eigenvalue weighted by molar-refractivity contribution is -0.120. The maximum atomic E-state index is 11.8. The predicted octanol–water partition coefficient (Wildman–Crippen LogP) is 1.92. The van der Waals surface area contributed by atoms with Gasteiger partial charge >= 0.3 is 0 Å². The molecule has 2 aromatic carbocycles. The summed E-state index contributed by atoms with van der Waals surface area (Å²) in [5, 5.41) is 0. The Kier molecular flexibility index (Phi) is 5.11. The van der Waals surface area contributed by atoms with Gasteiger partial charge in [0.05, 0.1) is 5.92 Å². The van der Waals surface area contributed by atoms with Gasteiger partial charge in [-0.1, -0.05) is 30.3 Å². The number of ether oxygens (including phenoxy) is 1. The van der Waals surface area contributed by atoms with E-state index in [9.17, 15) is 9.59 Å². The minimum absolute atomic E-state index is 0.146. The zero-order valence-corrected chi connectivity index (χ0v) is 14.7. The monoisotopic (exact) mass is 353 g/mol. The second-order valence-corrected chi connectivity index (χ2v) is 6.63. The SMILES string of the molecule is C[C@H]1C[C@H](C(N)=O)c2ccccc2N1Cc1cccc(OCC(N)=O)c1. The van der Waals surface area contributed by atoms with Gasteiger partial charge in [0.25, 0.3) is 5.91 Å². The van der Waals surface area contributed by atoms with Gasteiger partial charge in [0.1, 0.15) is 5.75 Å². The van der Waals surface area contributed by atoms with Crippen LogP contribution in [0.15, 0.2) is 48.5 Å². The van der Waals surface area contributed by atoms with Crippen molar-refractivity contribution in [1.29, 1.82) is 0 Å². The number of carbonyl (C=O) groups is 2. The van der Waals surface area contributed by atoms with Crippen molar-refractivity contribution in [3.05, 3.63) is 59.7 Å². The molecule has 2 amide bonds. The van der Waals surface area contributed by atoms with E-state index in [1.165, 1.54) is 0 Å². The Morgan fingerprint density at radius 3 is 2.65 bits per heavy atom. The minimum Gasteiger partial charge on any atom is -0.484 e. The average Bonchev–Trinajstić information content (AvgIpc) is 2.62. The third kappa shape index (κ3) is 3.79. The van der Waals surface area contributed by atoms with Crippen LogP contribution in [-0.4, -0.2) is 24.5 Å². The van der Waals surface area contributed by atoms with E-state index < -0.39 is 5.91 Å². The van der Waals surface area contributed by atoms with Crippen molar-refractivity contribution in [2.24, 2.45) is 11.5 Å². The highest BCUT2D eigenvalue weighted by Crippen LogP contribution is 2.39. The first-order valence-corrected chi connectivity index (χ1v) is 8.60. The van der Waals surface area contributed by atoms with Crippen molar-refractivity contribution in [3.8, 4) is 5.75 Å². The summed E-state index contributed by atoms with van der Waals surface area (Å²) in [5.74, 6) is -0.450. The van der Waals surface area contributed by atoms with Crippen molar-refractivity contribution in [2.75, 3.05) is 11.5 Å². The molecule has 0 fully saturated rings. The molecule has 1 heterocycles. The fourth-order valence-corrected chi connectivity index (χ4v) is 3.47. The number of nitrogens with zero attached hydrogens (tertiary/aromatic N) is 1. The van der Waals surface area contributed by atoms with Gasteiger partial charge in [0.15, 0.2) is 6.61 Å². The molecule has 0 radical (unpaired) electrons. The number of carbonyl (C=O) groups excluding carboxylic acids is 2. The summed E-state index contributed by atoms with van der Waals surface area (Å²) in [6.07, 6.45) is 0.685. The van der Waals surface area contributed by atoms with Crippen molar-refractivity contribution in [3.63, 3.8) is 0 Å². The van der Waals surface area contributed by atoms with Crippen molar-refractivity contribution in [2.45, 2.75) is 31.8 Å². The third-order valence-corrected chi connectivity index (χ3v) is 4.71. The maximum absolute atomic E-state index is 11.8. The van der Waals surface area contributed by atoms with Crippen LogP contribution >= 0.6 is 0 Å². The van der Waals surface area contributed by atoms with E-state index in [0.29, 0.717) is 18.7 Å². The number of anilines is 1. The molecule has 0 unspecified atom stereocenters. The standard InChI is InChI=1S/C20H23N3O3/c1-13-9-17(20(22)25)16-7-2-3-8-18(16)23(13)11-14-5-4-6-15(10-14)26-12-19(21)24/h2-8,10,13,17H,9,11-12H2,1H3,(H2,21,24)(H2,22,25)/t13-,17-/m0/s1. The van der Waals surface area contributed by atoms with E-state index in [4.69, 9.17) is 16.2 Å². The lowest BCUT2D eigenvalue weighted by atomic mass is 9.85. The molecule has 2 atom stereocenters. The summed E-state index contributed by atoms with van der Waals surface area (Å²) in [6, 6.07) is 15.6. The molecule has 4 N–H and O–H groups in total. The first-order chi connectivity index (χ1) is 12.5. The number of rotatable bonds is 6. The summed E-state index contributed by atoms with van der Waals surface area (Å²) >= 11 is 0. The normalized spacial score (nSPS) is 18.9. The van der Waals surface area contributed by atoms with Gasteiger partial charge in [-0.15, -0.1) is 0 Å². The quantitative estimate of drug-likeness (QED) is 0.829. The zero-order valence-electron chi connectivity index (χ0n) is 14.7. The highest BCUT2D eigenvalue weighted by Gasteiger charge is 2.32. The number of nitrogens with two attached hydrogens (primary N) is 2. The van der Waals surface area contributed by atoms with Crippen LogP contribution in [0.25, 0.3) is 0 Å². The molecular weight excluding hydrogens is 330 g/mol. The maximum Gasteiger partial charge on any atom is 0.255 e. The Morgan fingerprint density at radius 2 is 1.92 bits per heavy atom. The molecule has 0 saturated carbocycles. The van der Waals surface area contributed by atoms with Gasteiger partial charge in [0, 0.05) is 18.3 Å². The van der Waals surface area contributed by atoms with Crippen LogP contribution < -0.4 is 21.1 Å². The van der Waals surface area contributed by atoms with E-state index >= 15 is 0 Å². The Morgan fingerprint density at radius 1 is 1.15 bits per heavy atom. The number of para-hydroxylation sites is 1. The number of fused-ring (bicyclic) bond motifs is 1. The highest BCUT2D eigenvalue weighted by molar-refractivity contribution is 5.85. The molecule has 6 nitrogen and oxygen atoms in total. The largest absolute Gasteiger partial charge is 0.484 e. The van der Waals surface area contributed by atoms with Crippen LogP contribution in [0.4, 0.5) is 5.69 Å². The summed E-state index contributed by atoms with van der Waals surface area (Å²) in [6.45, 7) is 2.61. The molecule has 0 spiro atoms. The van der Waals surface area contributed by atoms with Crippen molar-refractivity contribution < 1.29 is 14.3 Å². The number of primary amides is 2. The first kappa shape index (κ1) is 17.8. The third-order valence-electron chi connectivity index (χ3n) is 4.71. The molecule has 1 aliphatic rings. The summed E-state index contributed by atoms with van der Waals surface area (Å²) in [5.41, 5.74) is 13.8. The number of hydrogen-bond acceptors (Lipinski definition) is 4. The van der Waals surface area contributed by atoms with E-state index in [2.05, 4.69) is 11.8 Å². The molecule has 3 rings (SSSR count). The van der Waals surface area contributed by atoms with E-state index in [-0.39, 0.29) is 24.5 Å². The predicted molar refractivity (Wildman–Crippen MR) is 99.8 cm³/mol. The van der Waals surface area contributed by atoms with Gasteiger partial charge in [0.2, 0.25) is 5.91 Å². The van der Waals surface area contributed by atoms with Crippen LogP contribution in [0.1, 0.15) is 30.4 Å². The van der Waals surface area contributed by atoms with Gasteiger partial charge < -0.3 is 21.1 Å². The second kappa shape index (κ2) is 7.47. The fraction of sp³-hybridized carbons (Fsp3) is 0.300. The molecule has 0 bridgehead atoms. The Bertz CT molecular complexity index is 821. The fourth-order valence-electron chi connectivity index (χ4n) is 3.47. The molecular formula is C20H23N3O3. The molecule has 136 valence electrons. The van der Waals surface area contributed by atoms with E-state index in [1.54, 1.807) is 6.07 Å². The molecule has 0 aliphatic carbocycles. The first-order valence-electron chi connectivity index (χ1n) is 8.60. The zero-order chi connectivity index (χ0) is 18.7. The second-order valence-electron chi connectivity index (χ2n) is 6.63. The Labute approximate surface area is 152 Å². The lowest BCUT2D eigenvalue weighted by Gasteiger charge is -2.40. The summed E-state index contributed by atoms with van der Waals surface area (Å²) < 4.78 is 5.39. The summed E-state index contributed by atoms with van der Waals surface area (Å²) in [4.78, 5) is 25.0. The van der Waals surface area contributed by atoms with Crippen molar-refractivity contribution >= 4 is 17.5 Å². The van der Waals surface area contributed by atoms with Gasteiger partial charge in [-0.25, -0.2) is 0 Å². The van der Waals surface area contributed by atoms with Crippen molar-refractivity contribution in [1.82, 2.24) is 0 Å². The number of benzene rings is 2. The Balaban J connectivity index is 1.85. The lowest BCUT2D eigenvalue weighted by Crippen LogP contribution is -2.41. The van der Waals surface area contributed by atoms with Crippen LogP contribution in [0.3, 0.4) is 0 Å². The van der Waals surface area contributed by atoms with Crippen LogP contribution in [-0.2, 0) is 16.1 Å². The number of hydrogen-bond donors (Lipinski definition) is 2. The number of amides is 2.